The van der Waals surface area contributed by atoms with E-state index in [1.807, 2.05) is 5.32 Å². The smallest absolute Gasteiger partial charge is 0.181 e. The maximum Gasteiger partial charge on any atom is 0.181 e. The summed E-state index contributed by atoms with van der Waals surface area (Å²) >= 11 is 0. The van der Waals surface area contributed by atoms with Crippen LogP contribution in [0.25, 0.3) is 0 Å². The van der Waals surface area contributed by atoms with Crippen LogP contribution in [0.3, 0.4) is 0 Å². The van der Waals surface area contributed by atoms with Gasteiger partial charge in [-0.25, -0.2) is 0 Å². The van der Waals surface area contributed by atoms with Crippen molar-refractivity contribution in [3.63, 3.8) is 0 Å². The fourth-order valence-corrected chi connectivity index (χ4v) is 0.0954. The van der Waals surface area contributed by atoms with Gasteiger partial charge in [-0.05, 0) is 0 Å². The molecule has 0 aromatic carbocycles. The number of allylic oxidation sites excluding steroid dienone is 1. The highest BCUT2D eigenvalue weighted by atomic mass is 14.9. The van der Waals surface area contributed by atoms with Crippen molar-refractivity contribution < 1.29 is 0 Å². The van der Waals surface area contributed by atoms with Gasteiger partial charge in [0.05, 0.1) is 0 Å². The Morgan fingerprint density at radius 3 is 2.29 bits per heavy atom. The van der Waals surface area contributed by atoms with E-state index in [1.165, 1.54) is 0 Å². The second-order valence-electron chi connectivity index (χ2n) is 0.827. The molecule has 1 N–H and O–H groups in total. The first-order valence-corrected chi connectivity index (χ1v) is 1.55. The first kappa shape index (κ1) is 5.52. The third-order valence-corrected chi connectivity index (χ3v) is 0.342. The topological polar surface area (TPSA) is 59.6 Å². The summed E-state index contributed by atoms with van der Waals surface area (Å²) in [6, 6.07) is 1.64. The van der Waals surface area contributed by atoms with Gasteiger partial charge >= 0.3 is 0 Å². The van der Waals surface area contributed by atoms with Crippen LogP contribution in [-0.2, 0) is 0 Å². The fraction of sp³-hybridized carbons (Fsp3) is 0. The van der Waals surface area contributed by atoms with Gasteiger partial charge in [-0.1, -0.05) is 6.58 Å². The molecule has 0 aliphatic heterocycles. The van der Waals surface area contributed by atoms with Crippen molar-refractivity contribution in [2.45, 2.75) is 0 Å². The Balaban J connectivity index is 3.50. The van der Waals surface area contributed by atoms with E-state index in [0.29, 0.717) is 0 Å². The normalized spacial score (nSPS) is 5.43. The molecule has 0 amide bonds. The van der Waals surface area contributed by atoms with Crippen LogP contribution in [0, 0.1) is 22.8 Å². The molecule has 0 aromatic heterocycles. The van der Waals surface area contributed by atoms with Crippen molar-refractivity contribution in [2.24, 2.45) is 0 Å². The maximum atomic E-state index is 7.90. The second-order valence-corrected chi connectivity index (χ2v) is 0.827. The van der Waals surface area contributed by atoms with Crippen molar-refractivity contribution >= 4 is 0 Å². The van der Waals surface area contributed by atoms with Crippen LogP contribution in [0.1, 0.15) is 0 Å². The third kappa shape index (κ3) is 2.32. The molecule has 0 fully saturated rings. The molecule has 34 valence electrons. The van der Waals surface area contributed by atoms with Crippen LogP contribution in [-0.4, -0.2) is 0 Å². The van der Waals surface area contributed by atoms with Crippen molar-refractivity contribution in [2.75, 3.05) is 0 Å². The molecule has 0 heterocycles. The van der Waals surface area contributed by atoms with Crippen molar-refractivity contribution in [3.05, 3.63) is 12.3 Å². The SMILES string of the molecule is C=C(C#N)NC#N. The lowest BCUT2D eigenvalue weighted by molar-refractivity contribution is 1.13. The quantitative estimate of drug-likeness (QED) is 0.284. The minimum absolute atomic E-state index is 0.0718. The van der Waals surface area contributed by atoms with Gasteiger partial charge < -0.3 is 0 Å². The molecule has 0 radical (unpaired) electrons. The first-order valence-electron chi connectivity index (χ1n) is 1.55. The number of hydrogen-bond donors (Lipinski definition) is 1. The summed E-state index contributed by atoms with van der Waals surface area (Å²) in [7, 11) is 0. The van der Waals surface area contributed by atoms with Crippen molar-refractivity contribution in [3.8, 4) is 12.3 Å². The van der Waals surface area contributed by atoms with E-state index in [0.717, 1.165) is 0 Å². The zero-order valence-corrected chi connectivity index (χ0v) is 3.60. The summed E-state index contributed by atoms with van der Waals surface area (Å²) in [6.45, 7) is 3.17. The van der Waals surface area contributed by atoms with Crippen LogP contribution in [0.2, 0.25) is 0 Å². The summed E-state index contributed by atoms with van der Waals surface area (Å²) in [5, 5.41) is 17.7. The van der Waals surface area contributed by atoms with Gasteiger partial charge in [0.1, 0.15) is 11.8 Å². The van der Waals surface area contributed by atoms with Crippen molar-refractivity contribution in [1.29, 1.82) is 10.5 Å². The summed E-state index contributed by atoms with van der Waals surface area (Å²) in [5.41, 5.74) is 0.0718. The number of nitriles is 2. The molecule has 3 heteroatoms. The van der Waals surface area contributed by atoms with Crippen LogP contribution in [0.15, 0.2) is 12.3 Å². The molecule has 7 heavy (non-hydrogen) atoms. The molecule has 0 rings (SSSR count). The summed E-state index contributed by atoms with van der Waals surface area (Å²) in [6.07, 6.45) is 1.55. The first-order chi connectivity index (χ1) is 3.31. The average Bonchev–Trinajstić information content (AvgIpc) is 1.68. The molecule has 0 aliphatic rings. The molecule has 0 saturated heterocycles. The van der Waals surface area contributed by atoms with Gasteiger partial charge in [-0.2, -0.15) is 10.5 Å². The number of rotatable bonds is 1. The Bertz CT molecular complexity index is 145. The molecular formula is C4H3N3. The molecule has 0 saturated carbocycles. The Hall–Kier alpha value is -1.48. The van der Waals surface area contributed by atoms with Gasteiger partial charge in [0.15, 0.2) is 6.19 Å². The summed E-state index contributed by atoms with van der Waals surface area (Å²) in [5.74, 6) is 0. The number of nitrogens with one attached hydrogen (secondary N) is 1. The largest absolute Gasteiger partial charge is 0.284 e. The minimum Gasteiger partial charge on any atom is -0.284 e. The number of nitrogens with zero attached hydrogens (tertiary/aromatic N) is 2. The van der Waals surface area contributed by atoms with E-state index in [1.54, 1.807) is 12.3 Å². The Morgan fingerprint density at radius 2 is 2.14 bits per heavy atom. The fourth-order valence-electron chi connectivity index (χ4n) is 0.0954. The standard InChI is InChI=1S/C4H3N3/c1-4(2-5)7-3-6/h7H,1H2. The molecule has 3 nitrogen and oxygen atoms in total. The van der Waals surface area contributed by atoms with Crippen molar-refractivity contribution in [1.82, 2.24) is 5.32 Å². The van der Waals surface area contributed by atoms with Gasteiger partial charge in [0.2, 0.25) is 0 Å². The van der Waals surface area contributed by atoms with E-state index in [9.17, 15) is 0 Å². The summed E-state index contributed by atoms with van der Waals surface area (Å²) < 4.78 is 0. The lowest BCUT2D eigenvalue weighted by Gasteiger charge is -1.80. The highest BCUT2D eigenvalue weighted by Crippen LogP contribution is 1.71. The van der Waals surface area contributed by atoms with E-state index >= 15 is 0 Å². The van der Waals surface area contributed by atoms with Crippen LogP contribution in [0.5, 0.6) is 0 Å². The van der Waals surface area contributed by atoms with E-state index in [2.05, 4.69) is 6.58 Å². The molecule has 0 atom stereocenters. The van der Waals surface area contributed by atoms with E-state index in [-0.39, 0.29) is 5.70 Å². The molecule has 0 unspecified atom stereocenters. The van der Waals surface area contributed by atoms with Crippen LogP contribution in [0.4, 0.5) is 0 Å². The molecule has 0 spiro atoms. The predicted molar refractivity (Wildman–Crippen MR) is 23.5 cm³/mol. The molecular weight excluding hydrogens is 90.1 g/mol. The maximum absolute atomic E-state index is 7.90. The summed E-state index contributed by atoms with van der Waals surface area (Å²) in [4.78, 5) is 0. The number of hydrogen-bond acceptors (Lipinski definition) is 3. The van der Waals surface area contributed by atoms with Gasteiger partial charge in [-0.3, -0.25) is 5.32 Å². The highest BCUT2D eigenvalue weighted by molar-refractivity contribution is 5.15. The monoisotopic (exact) mass is 93.0 g/mol. The van der Waals surface area contributed by atoms with Gasteiger partial charge in [0.25, 0.3) is 0 Å². The van der Waals surface area contributed by atoms with Crippen LogP contribution >= 0.6 is 0 Å². The third-order valence-electron chi connectivity index (χ3n) is 0.342. The second kappa shape index (κ2) is 2.74. The lowest BCUT2D eigenvalue weighted by atomic mass is 10.6. The zero-order chi connectivity index (χ0) is 5.70. The highest BCUT2D eigenvalue weighted by Gasteiger charge is 1.79. The van der Waals surface area contributed by atoms with E-state index in [4.69, 9.17) is 10.5 Å². The molecule has 0 aliphatic carbocycles. The van der Waals surface area contributed by atoms with Crippen LogP contribution < -0.4 is 5.32 Å². The minimum atomic E-state index is 0.0718. The van der Waals surface area contributed by atoms with E-state index < -0.39 is 0 Å². The zero-order valence-electron chi connectivity index (χ0n) is 3.60. The van der Waals surface area contributed by atoms with Gasteiger partial charge in [0, 0.05) is 0 Å². The lowest BCUT2D eigenvalue weighted by Crippen LogP contribution is -1.99. The molecule has 0 bridgehead atoms. The Morgan fingerprint density at radius 1 is 1.57 bits per heavy atom. The Kier molecular flexibility index (Phi) is 2.16. The van der Waals surface area contributed by atoms with Gasteiger partial charge in [-0.15, -0.1) is 0 Å². The predicted octanol–water partition coefficient (Wildman–Crippen LogP) is 0.0944. The average molecular weight is 93.1 g/mol. The Labute approximate surface area is 41.5 Å². The molecule has 0 aromatic rings.